The molecule has 4 N–H and O–H groups in total. The fourth-order valence-corrected chi connectivity index (χ4v) is 1.93. The molecule has 0 aliphatic heterocycles. The molecule has 0 aromatic carbocycles. The van der Waals surface area contributed by atoms with Gasteiger partial charge >= 0.3 is 0 Å². The van der Waals surface area contributed by atoms with Crippen molar-refractivity contribution < 1.29 is 8.78 Å². The number of hydrogen-bond acceptors (Lipinski definition) is 5. The molecule has 1 aromatic heterocycles. The molecule has 0 spiro atoms. The number of rotatable bonds is 6. The molecule has 0 saturated heterocycles. The number of anilines is 2. The van der Waals surface area contributed by atoms with Crippen LogP contribution in [0, 0.1) is 17.0 Å². The summed E-state index contributed by atoms with van der Waals surface area (Å²) < 4.78 is 26.8. The maximum atomic E-state index is 13.6. The van der Waals surface area contributed by atoms with Crippen molar-refractivity contribution in [2.24, 2.45) is 11.3 Å². The smallest absolute Gasteiger partial charge is 0.178 e. The van der Waals surface area contributed by atoms with Gasteiger partial charge in [0, 0.05) is 19.2 Å². The Labute approximate surface area is 112 Å². The summed E-state index contributed by atoms with van der Waals surface area (Å²) in [5.74, 6) is 3.35. The van der Waals surface area contributed by atoms with Crippen molar-refractivity contribution in [3.8, 4) is 0 Å². The molecule has 7 heteroatoms. The quantitative estimate of drug-likeness (QED) is 0.543. The normalized spacial score (nSPS) is 11.8. The monoisotopic (exact) mass is 273 g/mol. The SMILES string of the molecule is CN(C)CC(C)(C)CNc1nc(NN)c(F)cc1F. The zero-order valence-electron chi connectivity index (χ0n) is 11.7. The van der Waals surface area contributed by atoms with Crippen LogP contribution in [0.5, 0.6) is 0 Å². The highest BCUT2D eigenvalue weighted by Crippen LogP contribution is 2.21. The fourth-order valence-electron chi connectivity index (χ4n) is 1.93. The first kappa shape index (κ1) is 15.6. The second kappa shape index (κ2) is 6.12. The van der Waals surface area contributed by atoms with Crippen molar-refractivity contribution in [3.63, 3.8) is 0 Å². The van der Waals surface area contributed by atoms with Crippen molar-refractivity contribution in [1.29, 1.82) is 0 Å². The fraction of sp³-hybridized carbons (Fsp3) is 0.583. The molecule has 5 nitrogen and oxygen atoms in total. The summed E-state index contributed by atoms with van der Waals surface area (Å²) in [6, 6.07) is 0.753. The van der Waals surface area contributed by atoms with E-state index in [1.165, 1.54) is 0 Å². The van der Waals surface area contributed by atoms with Crippen LogP contribution in [-0.4, -0.2) is 37.1 Å². The minimum absolute atomic E-state index is 0.0128. The van der Waals surface area contributed by atoms with Crippen molar-refractivity contribution in [2.45, 2.75) is 13.8 Å². The van der Waals surface area contributed by atoms with Crippen molar-refractivity contribution in [3.05, 3.63) is 17.7 Å². The van der Waals surface area contributed by atoms with E-state index in [1.54, 1.807) is 0 Å². The second-order valence-corrected chi connectivity index (χ2v) is 5.55. The van der Waals surface area contributed by atoms with Crippen molar-refractivity contribution in [1.82, 2.24) is 9.88 Å². The standard InChI is InChI=1S/C12H21F2N5/c1-12(2,7-19(3)4)6-16-10-8(13)5-9(14)11(17-10)18-15/h5H,6-7,15H2,1-4H3,(H2,16,17,18). The molecule has 1 rings (SSSR count). The van der Waals surface area contributed by atoms with Crippen LogP contribution in [0.2, 0.25) is 0 Å². The van der Waals surface area contributed by atoms with Crippen LogP contribution in [0.15, 0.2) is 6.07 Å². The summed E-state index contributed by atoms with van der Waals surface area (Å²) >= 11 is 0. The minimum Gasteiger partial charge on any atom is -0.367 e. The van der Waals surface area contributed by atoms with Crippen LogP contribution >= 0.6 is 0 Å². The van der Waals surface area contributed by atoms with E-state index >= 15 is 0 Å². The van der Waals surface area contributed by atoms with E-state index < -0.39 is 11.6 Å². The molecule has 0 radical (unpaired) electrons. The van der Waals surface area contributed by atoms with E-state index in [2.05, 4.69) is 15.7 Å². The molecule has 108 valence electrons. The highest BCUT2D eigenvalue weighted by molar-refractivity contribution is 5.46. The highest BCUT2D eigenvalue weighted by atomic mass is 19.1. The first-order valence-corrected chi connectivity index (χ1v) is 5.96. The van der Waals surface area contributed by atoms with E-state index in [0.717, 1.165) is 12.6 Å². The Morgan fingerprint density at radius 3 is 2.37 bits per heavy atom. The van der Waals surface area contributed by atoms with Crippen LogP contribution in [0.1, 0.15) is 13.8 Å². The average molecular weight is 273 g/mol. The van der Waals surface area contributed by atoms with E-state index in [0.29, 0.717) is 6.54 Å². The van der Waals surface area contributed by atoms with Gasteiger partial charge in [0.25, 0.3) is 0 Å². The third-order valence-corrected chi connectivity index (χ3v) is 2.54. The number of nitrogens with two attached hydrogens (primary N) is 1. The Kier molecular flexibility index (Phi) is 5.02. The average Bonchev–Trinajstić information content (AvgIpc) is 2.26. The number of halogens is 2. The Balaban J connectivity index is 2.77. The molecule has 0 bridgehead atoms. The van der Waals surface area contributed by atoms with Gasteiger partial charge in [-0.2, -0.15) is 0 Å². The first-order valence-electron chi connectivity index (χ1n) is 5.96. The lowest BCUT2D eigenvalue weighted by atomic mass is 9.93. The number of aromatic nitrogens is 1. The van der Waals surface area contributed by atoms with Gasteiger partial charge < -0.3 is 15.6 Å². The topological polar surface area (TPSA) is 66.2 Å². The molecule has 0 saturated carbocycles. The van der Waals surface area contributed by atoms with E-state index in [1.807, 2.05) is 32.8 Å². The molecular weight excluding hydrogens is 252 g/mol. The molecule has 0 fully saturated rings. The first-order chi connectivity index (χ1) is 8.75. The molecule has 0 amide bonds. The number of pyridine rings is 1. The Morgan fingerprint density at radius 2 is 1.84 bits per heavy atom. The third kappa shape index (κ3) is 4.60. The third-order valence-electron chi connectivity index (χ3n) is 2.54. The largest absolute Gasteiger partial charge is 0.367 e. The zero-order chi connectivity index (χ0) is 14.6. The van der Waals surface area contributed by atoms with Crippen LogP contribution in [0.4, 0.5) is 20.4 Å². The summed E-state index contributed by atoms with van der Waals surface area (Å²) in [5, 5.41) is 2.89. The van der Waals surface area contributed by atoms with Crippen molar-refractivity contribution >= 4 is 11.6 Å². The lowest BCUT2D eigenvalue weighted by Gasteiger charge is -2.28. The van der Waals surface area contributed by atoms with Gasteiger partial charge in [0.1, 0.15) is 0 Å². The summed E-state index contributed by atoms with van der Waals surface area (Å²) in [7, 11) is 3.93. The van der Waals surface area contributed by atoms with E-state index in [-0.39, 0.29) is 17.1 Å². The van der Waals surface area contributed by atoms with Gasteiger partial charge in [-0.3, -0.25) is 0 Å². The molecule has 1 aromatic rings. The Morgan fingerprint density at radius 1 is 1.26 bits per heavy atom. The van der Waals surface area contributed by atoms with Gasteiger partial charge in [-0.25, -0.2) is 19.6 Å². The molecule has 0 aliphatic carbocycles. The van der Waals surface area contributed by atoms with E-state index in [9.17, 15) is 8.78 Å². The van der Waals surface area contributed by atoms with Crippen LogP contribution < -0.4 is 16.6 Å². The summed E-state index contributed by atoms with van der Waals surface area (Å²) in [5.41, 5.74) is 2.01. The molecule has 1 heterocycles. The number of hydrogen-bond donors (Lipinski definition) is 3. The molecular formula is C12H21F2N5. The number of nitrogen functional groups attached to an aromatic ring is 1. The summed E-state index contributed by atoms with van der Waals surface area (Å²) in [6.07, 6.45) is 0. The number of nitrogens with one attached hydrogen (secondary N) is 2. The second-order valence-electron chi connectivity index (χ2n) is 5.55. The predicted octanol–water partition coefficient (Wildman–Crippen LogP) is 1.65. The lowest BCUT2D eigenvalue weighted by molar-refractivity contribution is 0.254. The van der Waals surface area contributed by atoms with Gasteiger partial charge in [-0.05, 0) is 19.5 Å². The van der Waals surface area contributed by atoms with Gasteiger partial charge in [-0.15, -0.1) is 0 Å². The molecule has 0 aliphatic rings. The van der Waals surface area contributed by atoms with Gasteiger partial charge in [0.2, 0.25) is 0 Å². The van der Waals surface area contributed by atoms with Gasteiger partial charge in [0.15, 0.2) is 23.3 Å². The number of hydrazine groups is 1. The maximum Gasteiger partial charge on any atom is 0.178 e. The highest BCUT2D eigenvalue weighted by Gasteiger charge is 2.20. The lowest BCUT2D eigenvalue weighted by Crippen LogP contribution is -2.34. The Bertz CT molecular complexity index is 434. The summed E-state index contributed by atoms with van der Waals surface area (Å²) in [4.78, 5) is 5.81. The Hall–Kier alpha value is -1.47. The number of nitrogens with zero attached hydrogens (tertiary/aromatic N) is 2. The predicted molar refractivity (Wildman–Crippen MR) is 72.8 cm³/mol. The molecule has 19 heavy (non-hydrogen) atoms. The van der Waals surface area contributed by atoms with Gasteiger partial charge in [0.05, 0.1) is 0 Å². The van der Waals surface area contributed by atoms with Crippen LogP contribution in [0.25, 0.3) is 0 Å². The van der Waals surface area contributed by atoms with E-state index in [4.69, 9.17) is 5.84 Å². The maximum absolute atomic E-state index is 13.6. The van der Waals surface area contributed by atoms with Crippen molar-refractivity contribution in [2.75, 3.05) is 37.9 Å². The van der Waals surface area contributed by atoms with Crippen LogP contribution in [0.3, 0.4) is 0 Å². The molecule has 0 unspecified atom stereocenters. The molecule has 0 atom stereocenters. The summed E-state index contributed by atoms with van der Waals surface area (Å²) in [6.45, 7) is 5.42. The minimum atomic E-state index is -0.821. The van der Waals surface area contributed by atoms with Crippen LogP contribution in [-0.2, 0) is 0 Å². The van der Waals surface area contributed by atoms with Gasteiger partial charge in [-0.1, -0.05) is 13.8 Å². The zero-order valence-corrected chi connectivity index (χ0v) is 11.7.